The van der Waals surface area contributed by atoms with Crippen LogP contribution in [0.2, 0.25) is 0 Å². The maximum absolute atomic E-state index is 6.02. The lowest BCUT2D eigenvalue weighted by Gasteiger charge is -2.32. The molecule has 0 bridgehead atoms. The minimum atomic E-state index is -0.226. The highest BCUT2D eigenvalue weighted by Gasteiger charge is 2.36. The Morgan fingerprint density at radius 1 is 1.13 bits per heavy atom. The molecule has 30 heavy (non-hydrogen) atoms. The van der Waals surface area contributed by atoms with Gasteiger partial charge in [-0.1, -0.05) is 17.2 Å². The van der Waals surface area contributed by atoms with Gasteiger partial charge in [0.05, 0.1) is 23.2 Å². The minimum absolute atomic E-state index is 0.226. The third-order valence-electron chi connectivity index (χ3n) is 5.48. The van der Waals surface area contributed by atoms with Crippen molar-refractivity contribution >= 4 is 11.5 Å². The molecule has 5 aromatic heterocycles. The molecule has 5 aromatic rings. The predicted octanol–water partition coefficient (Wildman–Crippen LogP) is 2.96. The van der Waals surface area contributed by atoms with Crippen molar-refractivity contribution < 1.29 is 4.42 Å². The van der Waals surface area contributed by atoms with Gasteiger partial charge in [0.15, 0.2) is 0 Å². The highest BCUT2D eigenvalue weighted by atomic mass is 16.4. The molecule has 0 amide bonds. The monoisotopic (exact) mass is 398 g/mol. The number of aryl methyl sites for hydroxylation is 1. The average molecular weight is 398 g/mol. The van der Waals surface area contributed by atoms with E-state index in [0.717, 1.165) is 34.6 Å². The Morgan fingerprint density at radius 2 is 2.10 bits per heavy atom. The quantitative estimate of drug-likeness (QED) is 0.498. The Bertz CT molecular complexity index is 1340. The number of imidazole rings is 1. The predicted molar refractivity (Wildman–Crippen MR) is 109 cm³/mol. The minimum Gasteiger partial charge on any atom is -0.402 e. The van der Waals surface area contributed by atoms with Gasteiger partial charge in [0.25, 0.3) is 5.89 Å². The molecule has 0 spiro atoms. The van der Waals surface area contributed by atoms with Gasteiger partial charge in [0.2, 0.25) is 0 Å². The first kappa shape index (κ1) is 16.9. The first-order valence-electron chi connectivity index (χ1n) is 9.76. The summed E-state index contributed by atoms with van der Waals surface area (Å²) in [4.78, 5) is 14.2. The van der Waals surface area contributed by atoms with Gasteiger partial charge < -0.3 is 14.3 Å². The van der Waals surface area contributed by atoms with E-state index in [1.54, 1.807) is 12.5 Å². The van der Waals surface area contributed by atoms with Gasteiger partial charge in [-0.25, -0.2) is 9.50 Å². The van der Waals surface area contributed by atoms with Crippen molar-refractivity contribution in [2.24, 2.45) is 0 Å². The number of rotatable bonds is 3. The van der Waals surface area contributed by atoms with Crippen LogP contribution < -0.4 is 4.90 Å². The molecule has 6 rings (SSSR count). The highest BCUT2D eigenvalue weighted by molar-refractivity contribution is 5.57. The van der Waals surface area contributed by atoms with Crippen LogP contribution in [0.1, 0.15) is 28.7 Å². The van der Waals surface area contributed by atoms with E-state index in [0.29, 0.717) is 24.1 Å². The number of anilines is 1. The Labute approximate surface area is 171 Å². The molecular weight excluding hydrogens is 380 g/mol. The van der Waals surface area contributed by atoms with Gasteiger partial charge in [-0.15, -0.1) is 5.10 Å². The van der Waals surface area contributed by atoms with Gasteiger partial charge >= 0.3 is 6.01 Å². The van der Waals surface area contributed by atoms with Crippen LogP contribution in [0.15, 0.2) is 59.5 Å². The summed E-state index contributed by atoms with van der Waals surface area (Å²) < 4.78 is 7.92. The summed E-state index contributed by atoms with van der Waals surface area (Å²) in [5.74, 6) is 0.392. The molecule has 0 saturated heterocycles. The Kier molecular flexibility index (Phi) is 3.67. The number of aromatic amines is 1. The molecule has 1 atom stereocenters. The number of nitrogens with one attached hydrogen (secondary N) is 1. The molecule has 0 unspecified atom stereocenters. The standard InChI is InChI=1S/C21H18N8O/c1-13-5-4-9-29-17(13)11-16(27-29)19-18-14(23-12-24-18)7-10-28(19)21-26-25-20(30-21)15-6-2-3-8-22-15/h2-6,8-9,11-12,19H,7,10H2,1H3,(H,23,24)/t19-/m0/s1. The number of hydrogen-bond donors (Lipinski definition) is 1. The van der Waals surface area contributed by atoms with Gasteiger partial charge in [0, 0.05) is 31.1 Å². The molecule has 0 saturated carbocycles. The average Bonchev–Trinajstić information content (AvgIpc) is 3.52. The molecule has 0 radical (unpaired) electrons. The number of fused-ring (bicyclic) bond motifs is 2. The second-order valence-corrected chi connectivity index (χ2v) is 7.31. The van der Waals surface area contributed by atoms with Crippen molar-refractivity contribution in [1.29, 1.82) is 0 Å². The third-order valence-corrected chi connectivity index (χ3v) is 5.48. The van der Waals surface area contributed by atoms with Gasteiger partial charge in [-0.2, -0.15) is 5.10 Å². The van der Waals surface area contributed by atoms with Gasteiger partial charge in [-0.3, -0.25) is 4.98 Å². The van der Waals surface area contributed by atoms with E-state index >= 15 is 0 Å². The largest absolute Gasteiger partial charge is 0.402 e. The Balaban J connectivity index is 1.46. The zero-order chi connectivity index (χ0) is 20.1. The maximum atomic E-state index is 6.02. The van der Waals surface area contributed by atoms with Crippen molar-refractivity contribution in [1.82, 2.24) is 34.8 Å². The number of aromatic nitrogens is 7. The normalized spacial score (nSPS) is 16.2. The summed E-state index contributed by atoms with van der Waals surface area (Å²) in [5, 5.41) is 13.4. The second kappa shape index (κ2) is 6.51. The zero-order valence-corrected chi connectivity index (χ0v) is 16.2. The topological polar surface area (TPSA) is 101 Å². The van der Waals surface area contributed by atoms with E-state index in [2.05, 4.69) is 49.1 Å². The van der Waals surface area contributed by atoms with Crippen molar-refractivity contribution in [3.63, 3.8) is 0 Å². The van der Waals surface area contributed by atoms with Crippen molar-refractivity contribution in [3.8, 4) is 11.6 Å². The summed E-state index contributed by atoms with van der Waals surface area (Å²) in [7, 11) is 0. The second-order valence-electron chi connectivity index (χ2n) is 7.31. The van der Waals surface area contributed by atoms with E-state index in [1.165, 1.54) is 0 Å². The van der Waals surface area contributed by atoms with Crippen LogP contribution in [0.4, 0.5) is 6.01 Å². The van der Waals surface area contributed by atoms with E-state index in [-0.39, 0.29) is 6.04 Å². The van der Waals surface area contributed by atoms with Crippen LogP contribution in [0.25, 0.3) is 17.1 Å². The van der Waals surface area contributed by atoms with Crippen LogP contribution in [-0.4, -0.2) is 41.3 Å². The first-order valence-corrected chi connectivity index (χ1v) is 9.76. The maximum Gasteiger partial charge on any atom is 0.319 e. The van der Waals surface area contributed by atoms with E-state index in [1.807, 2.05) is 35.0 Å². The zero-order valence-electron chi connectivity index (χ0n) is 16.2. The fourth-order valence-electron chi connectivity index (χ4n) is 4.02. The Hall–Kier alpha value is -4.01. The van der Waals surface area contributed by atoms with Crippen LogP contribution >= 0.6 is 0 Å². The van der Waals surface area contributed by atoms with Gasteiger partial charge in [0.1, 0.15) is 11.7 Å². The molecule has 9 heteroatoms. The SMILES string of the molecule is Cc1cccn2nc([C@H]3c4nc[nH]c4CCN3c3nnc(-c4ccccn4)o3)cc12. The molecule has 0 fully saturated rings. The van der Waals surface area contributed by atoms with Crippen LogP contribution in [0.3, 0.4) is 0 Å². The van der Waals surface area contributed by atoms with E-state index in [9.17, 15) is 0 Å². The lowest BCUT2D eigenvalue weighted by molar-refractivity contribution is 0.502. The molecular formula is C21H18N8O. The lowest BCUT2D eigenvalue weighted by Crippen LogP contribution is -2.36. The van der Waals surface area contributed by atoms with Crippen LogP contribution in [0.5, 0.6) is 0 Å². The number of nitrogens with zero attached hydrogens (tertiary/aromatic N) is 7. The molecule has 9 nitrogen and oxygen atoms in total. The molecule has 6 heterocycles. The van der Waals surface area contributed by atoms with Gasteiger partial charge in [-0.05, 0) is 36.8 Å². The third kappa shape index (κ3) is 2.59. The number of hydrogen-bond acceptors (Lipinski definition) is 7. The van der Waals surface area contributed by atoms with Crippen LogP contribution in [0, 0.1) is 6.92 Å². The first-order chi connectivity index (χ1) is 14.8. The van der Waals surface area contributed by atoms with Crippen LogP contribution in [-0.2, 0) is 6.42 Å². The fourth-order valence-corrected chi connectivity index (χ4v) is 4.02. The lowest BCUT2D eigenvalue weighted by atomic mass is 10.00. The van der Waals surface area contributed by atoms with E-state index < -0.39 is 0 Å². The Morgan fingerprint density at radius 3 is 2.97 bits per heavy atom. The summed E-state index contributed by atoms with van der Waals surface area (Å²) >= 11 is 0. The number of H-pyrrole nitrogens is 1. The summed E-state index contributed by atoms with van der Waals surface area (Å²) in [6, 6.07) is 12.0. The molecule has 1 aliphatic rings. The molecule has 148 valence electrons. The summed E-state index contributed by atoms with van der Waals surface area (Å²) in [6.07, 6.45) is 6.20. The molecule has 1 aliphatic heterocycles. The van der Waals surface area contributed by atoms with Crippen molar-refractivity contribution in [2.75, 3.05) is 11.4 Å². The van der Waals surface area contributed by atoms with Crippen molar-refractivity contribution in [3.05, 3.63) is 77.8 Å². The summed E-state index contributed by atoms with van der Waals surface area (Å²) in [6.45, 7) is 2.78. The highest BCUT2D eigenvalue weighted by Crippen LogP contribution is 2.37. The molecule has 0 aliphatic carbocycles. The number of pyridine rings is 2. The fraction of sp³-hybridized carbons (Fsp3) is 0.190. The molecule has 0 aromatic carbocycles. The summed E-state index contributed by atoms with van der Waals surface area (Å²) in [5.41, 5.74) is 5.80. The molecule has 1 N–H and O–H groups in total. The van der Waals surface area contributed by atoms with E-state index in [4.69, 9.17) is 9.52 Å². The van der Waals surface area contributed by atoms with Crippen molar-refractivity contribution in [2.45, 2.75) is 19.4 Å². The smallest absolute Gasteiger partial charge is 0.319 e.